The van der Waals surface area contributed by atoms with Gasteiger partial charge in [0.15, 0.2) is 0 Å². The zero-order chi connectivity index (χ0) is 43.1. The molecule has 1 nitrogen and oxygen atoms in total. The Morgan fingerprint density at radius 1 is 0.328 bits per heavy atom. The van der Waals surface area contributed by atoms with Gasteiger partial charge >= 0.3 is 0 Å². The number of benzene rings is 10. The van der Waals surface area contributed by atoms with Gasteiger partial charge in [0.05, 0.1) is 0 Å². The average Bonchev–Trinajstić information content (AvgIpc) is 3.38. The number of hydrogen-bond acceptors (Lipinski definition) is 1. The Morgan fingerprint density at radius 2 is 0.750 bits per heavy atom. The molecule has 10 aromatic carbocycles. The van der Waals surface area contributed by atoms with Gasteiger partial charge in [-0.2, -0.15) is 0 Å². The lowest BCUT2D eigenvalue weighted by Crippen LogP contribution is -2.09. The average molecular weight is 824 g/mol. The van der Waals surface area contributed by atoms with Crippen LogP contribution in [0.4, 0.5) is 17.1 Å². The van der Waals surface area contributed by atoms with E-state index in [1.165, 1.54) is 109 Å². The molecule has 310 valence electrons. The third-order valence-corrected chi connectivity index (χ3v) is 13.1. The van der Waals surface area contributed by atoms with Crippen molar-refractivity contribution in [2.45, 2.75) is 44.9 Å². The van der Waals surface area contributed by atoms with Crippen molar-refractivity contribution < 1.29 is 0 Å². The van der Waals surface area contributed by atoms with E-state index in [4.69, 9.17) is 0 Å². The van der Waals surface area contributed by atoms with Crippen molar-refractivity contribution >= 4 is 38.6 Å². The van der Waals surface area contributed by atoms with Crippen LogP contribution >= 0.6 is 0 Å². The first kappa shape index (κ1) is 40.6. The van der Waals surface area contributed by atoms with Crippen LogP contribution < -0.4 is 4.90 Å². The number of fused-ring (bicyclic) bond motifs is 2. The van der Waals surface area contributed by atoms with E-state index in [0.29, 0.717) is 5.92 Å². The van der Waals surface area contributed by atoms with E-state index < -0.39 is 0 Å². The summed E-state index contributed by atoms with van der Waals surface area (Å²) in [7, 11) is 0. The fourth-order valence-electron chi connectivity index (χ4n) is 9.60. The molecule has 10 aromatic rings. The van der Waals surface area contributed by atoms with Gasteiger partial charge in [-0.1, -0.05) is 219 Å². The minimum Gasteiger partial charge on any atom is -0.311 e. The molecule has 0 heterocycles. The van der Waals surface area contributed by atoms with E-state index in [2.05, 4.69) is 248 Å². The van der Waals surface area contributed by atoms with Crippen LogP contribution in [0.1, 0.15) is 49.1 Å². The highest BCUT2D eigenvalue weighted by atomic mass is 15.1. The normalized spacial score (nSPS) is 12.7. The minimum absolute atomic E-state index is 0.697. The quantitative estimate of drug-likeness (QED) is 0.148. The Balaban J connectivity index is 0.000000383. The standard InChI is InChI=1S/C52H43N.C11H10/c1-3-11-38(12-4-1)41-25-31-48(32-26-41)53(50-35-29-43(30-36-50)47-18-9-17-46(37-47)39-13-5-2-6-14-39)49-33-27-42(28-34-49)40-21-23-45(24-22-40)52-20-10-16-44-15-7-8-19-51(44)52;1-9-5-4-7-10-6-2-3-8-11(9)10/h1,3-4,7-12,15-37,39H,2,5-6,13-14H2;2-8H,1H3. The SMILES string of the molecule is Cc1cccc2ccccc12.c1ccc(-c2ccc(N(c3ccc(-c4ccc(-c5cccc6ccccc56)cc4)cc3)c3ccc(-c4cccc(C5CCCCC5)c4)cc3)cc2)cc1. The third-order valence-electron chi connectivity index (χ3n) is 13.1. The summed E-state index contributed by atoms with van der Waals surface area (Å²) in [6.07, 6.45) is 6.71. The van der Waals surface area contributed by atoms with E-state index in [1.807, 2.05) is 0 Å². The van der Waals surface area contributed by atoms with Gasteiger partial charge in [-0.05, 0) is 139 Å². The van der Waals surface area contributed by atoms with E-state index in [9.17, 15) is 0 Å². The summed E-state index contributed by atoms with van der Waals surface area (Å²) >= 11 is 0. The van der Waals surface area contributed by atoms with Crippen LogP contribution in [0.3, 0.4) is 0 Å². The Morgan fingerprint density at radius 3 is 1.34 bits per heavy atom. The maximum Gasteiger partial charge on any atom is 0.0462 e. The van der Waals surface area contributed by atoms with Crippen molar-refractivity contribution in [3.63, 3.8) is 0 Å². The zero-order valence-corrected chi connectivity index (χ0v) is 36.6. The molecule has 0 aromatic heterocycles. The Labute approximate surface area is 379 Å². The largest absolute Gasteiger partial charge is 0.311 e. The van der Waals surface area contributed by atoms with Gasteiger partial charge in [0.1, 0.15) is 0 Å². The predicted molar refractivity (Wildman–Crippen MR) is 275 cm³/mol. The summed E-state index contributed by atoms with van der Waals surface area (Å²) in [6, 6.07) is 85.9. The lowest BCUT2D eigenvalue weighted by molar-refractivity contribution is 0.444. The molecule has 1 aliphatic carbocycles. The highest BCUT2D eigenvalue weighted by molar-refractivity contribution is 5.97. The van der Waals surface area contributed by atoms with Crippen molar-refractivity contribution in [1.29, 1.82) is 0 Å². The van der Waals surface area contributed by atoms with Crippen LogP contribution in [0, 0.1) is 6.92 Å². The van der Waals surface area contributed by atoms with Gasteiger partial charge in [0, 0.05) is 17.1 Å². The van der Waals surface area contributed by atoms with Gasteiger partial charge < -0.3 is 4.90 Å². The molecular formula is C63H53N. The maximum atomic E-state index is 2.43. The second-order valence-electron chi connectivity index (χ2n) is 17.2. The number of nitrogens with zero attached hydrogens (tertiary/aromatic N) is 1. The zero-order valence-electron chi connectivity index (χ0n) is 36.6. The van der Waals surface area contributed by atoms with Crippen LogP contribution in [0.5, 0.6) is 0 Å². The van der Waals surface area contributed by atoms with Gasteiger partial charge in [0.25, 0.3) is 0 Å². The summed E-state index contributed by atoms with van der Waals surface area (Å²) in [5, 5.41) is 5.23. The molecule has 0 saturated heterocycles. The lowest BCUT2D eigenvalue weighted by atomic mass is 9.83. The molecule has 0 unspecified atom stereocenters. The number of rotatable bonds is 8. The minimum atomic E-state index is 0.697. The molecule has 0 radical (unpaired) electrons. The molecule has 0 amide bonds. The fraction of sp³-hybridized carbons (Fsp3) is 0.111. The summed E-state index contributed by atoms with van der Waals surface area (Å²) in [5.41, 5.74) is 16.1. The van der Waals surface area contributed by atoms with E-state index >= 15 is 0 Å². The molecule has 0 aliphatic heterocycles. The van der Waals surface area contributed by atoms with Crippen molar-refractivity contribution in [3.05, 3.63) is 248 Å². The summed E-state index contributed by atoms with van der Waals surface area (Å²) in [4.78, 5) is 2.37. The Bertz CT molecular complexity index is 3090. The van der Waals surface area contributed by atoms with Crippen LogP contribution in [0.2, 0.25) is 0 Å². The van der Waals surface area contributed by atoms with Crippen LogP contribution in [-0.2, 0) is 0 Å². The number of aryl methyl sites for hydroxylation is 1. The van der Waals surface area contributed by atoms with Crippen molar-refractivity contribution in [1.82, 2.24) is 0 Å². The first-order valence-corrected chi connectivity index (χ1v) is 22.9. The molecule has 0 bridgehead atoms. The van der Waals surface area contributed by atoms with Gasteiger partial charge in [-0.3, -0.25) is 0 Å². The predicted octanol–water partition coefficient (Wildman–Crippen LogP) is 18.2. The third kappa shape index (κ3) is 8.89. The molecule has 0 N–H and O–H groups in total. The second-order valence-corrected chi connectivity index (χ2v) is 17.2. The highest BCUT2D eigenvalue weighted by Gasteiger charge is 2.17. The second kappa shape index (κ2) is 18.9. The van der Waals surface area contributed by atoms with Crippen molar-refractivity contribution in [2.75, 3.05) is 4.90 Å². The van der Waals surface area contributed by atoms with Crippen LogP contribution in [0.25, 0.3) is 66.1 Å². The number of anilines is 3. The molecule has 1 heteroatoms. The van der Waals surface area contributed by atoms with E-state index in [0.717, 1.165) is 17.1 Å². The summed E-state index contributed by atoms with van der Waals surface area (Å²) in [5.74, 6) is 0.697. The maximum absolute atomic E-state index is 2.43. The van der Waals surface area contributed by atoms with Crippen LogP contribution in [-0.4, -0.2) is 0 Å². The van der Waals surface area contributed by atoms with E-state index in [-0.39, 0.29) is 0 Å². The van der Waals surface area contributed by atoms with E-state index in [1.54, 1.807) is 0 Å². The summed E-state index contributed by atoms with van der Waals surface area (Å²) in [6.45, 7) is 2.14. The smallest absolute Gasteiger partial charge is 0.0462 e. The molecular weight excluding hydrogens is 771 g/mol. The lowest BCUT2D eigenvalue weighted by Gasteiger charge is -2.26. The molecule has 1 aliphatic rings. The fourth-order valence-corrected chi connectivity index (χ4v) is 9.60. The van der Waals surface area contributed by atoms with Gasteiger partial charge in [-0.25, -0.2) is 0 Å². The topological polar surface area (TPSA) is 3.24 Å². The van der Waals surface area contributed by atoms with Crippen LogP contribution in [0.15, 0.2) is 237 Å². The highest BCUT2D eigenvalue weighted by Crippen LogP contribution is 2.39. The van der Waals surface area contributed by atoms with Crippen molar-refractivity contribution in [2.24, 2.45) is 0 Å². The monoisotopic (exact) mass is 823 g/mol. The Hall–Kier alpha value is -7.48. The molecule has 11 rings (SSSR count). The van der Waals surface area contributed by atoms with Gasteiger partial charge in [0.2, 0.25) is 0 Å². The summed E-state index contributed by atoms with van der Waals surface area (Å²) < 4.78 is 0. The molecule has 1 fully saturated rings. The molecule has 1 saturated carbocycles. The van der Waals surface area contributed by atoms with Crippen molar-refractivity contribution in [3.8, 4) is 44.5 Å². The molecule has 64 heavy (non-hydrogen) atoms. The first-order chi connectivity index (χ1) is 31.6. The molecule has 0 spiro atoms. The molecule has 0 atom stereocenters. The van der Waals surface area contributed by atoms with Gasteiger partial charge in [-0.15, -0.1) is 0 Å². The first-order valence-electron chi connectivity index (χ1n) is 22.9. The Kier molecular flexibility index (Phi) is 12.0. The number of hydrogen-bond donors (Lipinski definition) is 0.